The van der Waals surface area contributed by atoms with Gasteiger partial charge in [-0.05, 0) is 98.3 Å². The Morgan fingerprint density at radius 3 is 2.79 bits per heavy atom. The normalized spacial score (nSPS) is 30.3. The van der Waals surface area contributed by atoms with Crippen molar-refractivity contribution in [1.29, 1.82) is 0 Å². The molecule has 2 fully saturated rings. The van der Waals surface area contributed by atoms with E-state index in [1.54, 1.807) is 30.2 Å². The Balaban J connectivity index is 1.27. The standard InChI is InChI=1S/C28H36N2O3/c1-16-4-7-19-18(14-16)6-8-21-20(19)12-13-28(3)22(21)9-11-24(28)33-15-30-23-10-5-17(2)25(26(23)31)27(29)32/h4-5,7,10,14,20-22,24,30-31H,6,8-9,11-13,15H2,1-3H3,(H2,29,32). The number of hydrogen-bond donors (Lipinski definition) is 3. The summed E-state index contributed by atoms with van der Waals surface area (Å²) in [4.78, 5) is 11.7. The van der Waals surface area contributed by atoms with Gasteiger partial charge in [0.15, 0.2) is 5.75 Å². The lowest BCUT2D eigenvalue weighted by Gasteiger charge is -2.50. The monoisotopic (exact) mass is 448 g/mol. The first-order valence-corrected chi connectivity index (χ1v) is 12.4. The number of amides is 1. The Labute approximate surface area is 196 Å². The Morgan fingerprint density at radius 1 is 1.18 bits per heavy atom. The molecule has 5 nitrogen and oxygen atoms in total. The van der Waals surface area contributed by atoms with Gasteiger partial charge in [-0.15, -0.1) is 0 Å². The number of aryl methyl sites for hydroxylation is 3. The van der Waals surface area contributed by atoms with Crippen LogP contribution in [0.5, 0.6) is 5.75 Å². The van der Waals surface area contributed by atoms with Crippen LogP contribution in [0.3, 0.4) is 0 Å². The number of nitrogens with two attached hydrogens (primary N) is 1. The third-order valence-corrected chi connectivity index (χ3v) is 8.97. The lowest BCUT2D eigenvalue weighted by atomic mass is 9.55. The molecule has 0 aliphatic heterocycles. The molecule has 0 radical (unpaired) electrons. The van der Waals surface area contributed by atoms with E-state index in [4.69, 9.17) is 10.5 Å². The Bertz CT molecular complexity index is 1080. The number of fused-ring (bicyclic) bond motifs is 5. The summed E-state index contributed by atoms with van der Waals surface area (Å²) in [5, 5.41) is 13.6. The number of rotatable bonds is 5. The lowest BCUT2D eigenvalue weighted by Crippen LogP contribution is -2.45. The molecule has 2 aromatic rings. The van der Waals surface area contributed by atoms with Gasteiger partial charge in [0.2, 0.25) is 0 Å². The smallest absolute Gasteiger partial charge is 0.252 e. The first-order chi connectivity index (χ1) is 15.8. The van der Waals surface area contributed by atoms with Crippen LogP contribution >= 0.6 is 0 Å². The minimum absolute atomic E-state index is 0.0989. The van der Waals surface area contributed by atoms with Gasteiger partial charge in [0.25, 0.3) is 5.91 Å². The quantitative estimate of drug-likeness (QED) is 0.421. The zero-order valence-electron chi connectivity index (χ0n) is 20.0. The van der Waals surface area contributed by atoms with Crippen molar-refractivity contribution in [1.82, 2.24) is 0 Å². The second-order valence-electron chi connectivity index (χ2n) is 10.7. The third-order valence-electron chi connectivity index (χ3n) is 8.97. The Hall–Kier alpha value is -2.53. The van der Waals surface area contributed by atoms with Crippen LogP contribution in [0.4, 0.5) is 5.69 Å². The number of benzene rings is 2. The Kier molecular flexibility index (Phi) is 5.64. The maximum absolute atomic E-state index is 11.7. The number of aromatic hydroxyl groups is 1. The van der Waals surface area contributed by atoms with Gasteiger partial charge in [-0.25, -0.2) is 0 Å². The predicted octanol–water partition coefficient (Wildman–Crippen LogP) is 5.42. The molecule has 176 valence electrons. The summed E-state index contributed by atoms with van der Waals surface area (Å²) in [6.45, 7) is 6.70. The molecule has 2 saturated carbocycles. The summed E-state index contributed by atoms with van der Waals surface area (Å²) < 4.78 is 6.39. The summed E-state index contributed by atoms with van der Waals surface area (Å²) in [6, 6.07) is 10.6. The van der Waals surface area contributed by atoms with Crippen molar-refractivity contribution in [3.05, 3.63) is 58.1 Å². The number of hydrogen-bond acceptors (Lipinski definition) is 4. The second kappa shape index (κ2) is 8.35. The van der Waals surface area contributed by atoms with Gasteiger partial charge >= 0.3 is 0 Å². The van der Waals surface area contributed by atoms with Crippen LogP contribution in [0.2, 0.25) is 0 Å². The third kappa shape index (κ3) is 3.71. The van der Waals surface area contributed by atoms with Gasteiger partial charge in [0.05, 0.1) is 17.4 Å². The highest BCUT2D eigenvalue weighted by Gasteiger charge is 2.55. The van der Waals surface area contributed by atoms with Crippen LogP contribution in [0.25, 0.3) is 0 Å². The molecule has 4 N–H and O–H groups in total. The fraction of sp³-hybridized carbons (Fsp3) is 0.536. The van der Waals surface area contributed by atoms with E-state index in [2.05, 4.69) is 37.4 Å². The maximum atomic E-state index is 11.7. The first-order valence-electron chi connectivity index (χ1n) is 12.4. The van der Waals surface area contributed by atoms with Crippen LogP contribution in [0.15, 0.2) is 30.3 Å². The van der Waals surface area contributed by atoms with Gasteiger partial charge in [-0.3, -0.25) is 4.79 Å². The number of phenols is 1. The highest BCUT2D eigenvalue weighted by atomic mass is 16.5. The van der Waals surface area contributed by atoms with Gasteiger partial charge in [-0.1, -0.05) is 36.8 Å². The average Bonchev–Trinajstić information content (AvgIpc) is 3.11. The molecular weight excluding hydrogens is 412 g/mol. The van der Waals surface area contributed by atoms with E-state index in [1.165, 1.54) is 37.7 Å². The van der Waals surface area contributed by atoms with Gasteiger partial charge in [0, 0.05) is 0 Å². The van der Waals surface area contributed by atoms with E-state index < -0.39 is 5.91 Å². The fourth-order valence-corrected chi connectivity index (χ4v) is 7.30. The molecule has 0 aromatic heterocycles. The van der Waals surface area contributed by atoms with Crippen molar-refractivity contribution in [2.24, 2.45) is 23.0 Å². The van der Waals surface area contributed by atoms with Crippen molar-refractivity contribution in [2.75, 3.05) is 12.0 Å². The van der Waals surface area contributed by atoms with Crippen molar-refractivity contribution in [2.45, 2.75) is 71.3 Å². The summed E-state index contributed by atoms with van der Waals surface area (Å²) in [5.41, 5.74) is 11.5. The summed E-state index contributed by atoms with van der Waals surface area (Å²) in [5.74, 6) is 1.42. The number of carbonyl (C=O) groups is 1. The molecule has 5 heteroatoms. The molecule has 0 bridgehead atoms. The van der Waals surface area contributed by atoms with Crippen LogP contribution < -0.4 is 11.1 Å². The van der Waals surface area contributed by atoms with E-state index in [1.807, 2.05) is 0 Å². The topological polar surface area (TPSA) is 84.6 Å². The minimum atomic E-state index is -0.623. The lowest BCUT2D eigenvalue weighted by molar-refractivity contribution is -0.0585. The molecule has 0 spiro atoms. The Morgan fingerprint density at radius 2 is 2.00 bits per heavy atom. The average molecular weight is 449 g/mol. The zero-order valence-corrected chi connectivity index (χ0v) is 20.0. The van der Waals surface area contributed by atoms with Crippen molar-refractivity contribution in [3.8, 4) is 5.75 Å². The molecule has 5 rings (SSSR count). The predicted molar refractivity (Wildman–Crippen MR) is 131 cm³/mol. The molecule has 1 amide bonds. The molecule has 3 aliphatic rings. The highest BCUT2D eigenvalue weighted by Crippen LogP contribution is 2.61. The molecule has 3 aliphatic carbocycles. The van der Waals surface area contributed by atoms with E-state index in [-0.39, 0.29) is 22.8 Å². The van der Waals surface area contributed by atoms with Crippen molar-refractivity contribution in [3.63, 3.8) is 0 Å². The summed E-state index contributed by atoms with van der Waals surface area (Å²) in [6.07, 6.45) is 7.44. The molecule has 0 saturated heterocycles. The second-order valence-corrected chi connectivity index (χ2v) is 10.7. The fourth-order valence-electron chi connectivity index (χ4n) is 7.30. The first kappa shape index (κ1) is 22.3. The van der Waals surface area contributed by atoms with Crippen molar-refractivity contribution < 1.29 is 14.6 Å². The SMILES string of the molecule is Cc1ccc2c(c1)CCC1C2CCC2(C)C(OCNc3ccc(C)c(C(N)=O)c3O)CCC12. The summed E-state index contributed by atoms with van der Waals surface area (Å²) >= 11 is 0. The van der Waals surface area contributed by atoms with Crippen LogP contribution in [-0.2, 0) is 11.2 Å². The van der Waals surface area contributed by atoms with E-state index in [9.17, 15) is 9.90 Å². The highest BCUT2D eigenvalue weighted by molar-refractivity contribution is 5.99. The molecule has 5 atom stereocenters. The maximum Gasteiger partial charge on any atom is 0.252 e. The van der Waals surface area contributed by atoms with Crippen LogP contribution in [-0.4, -0.2) is 23.8 Å². The number of nitrogens with one attached hydrogen (secondary N) is 1. The van der Waals surface area contributed by atoms with Gasteiger partial charge in [-0.2, -0.15) is 0 Å². The number of primary amides is 1. The molecule has 33 heavy (non-hydrogen) atoms. The van der Waals surface area contributed by atoms with Gasteiger partial charge in [0.1, 0.15) is 6.73 Å². The molecular formula is C28H36N2O3. The minimum Gasteiger partial charge on any atom is -0.505 e. The van der Waals surface area contributed by atoms with Crippen molar-refractivity contribution >= 4 is 11.6 Å². The zero-order chi connectivity index (χ0) is 23.3. The van der Waals surface area contributed by atoms with Crippen LogP contribution in [0, 0.1) is 31.1 Å². The van der Waals surface area contributed by atoms with E-state index >= 15 is 0 Å². The van der Waals surface area contributed by atoms with E-state index in [0.29, 0.717) is 29.8 Å². The number of anilines is 1. The molecule has 5 unspecified atom stereocenters. The molecule has 0 heterocycles. The van der Waals surface area contributed by atoms with E-state index in [0.717, 1.165) is 12.3 Å². The number of ether oxygens (including phenoxy) is 1. The largest absolute Gasteiger partial charge is 0.505 e. The van der Waals surface area contributed by atoms with Crippen LogP contribution in [0.1, 0.15) is 77.6 Å². The van der Waals surface area contributed by atoms with Gasteiger partial charge < -0.3 is 20.9 Å². The number of carbonyl (C=O) groups excluding carboxylic acids is 1. The summed E-state index contributed by atoms with van der Waals surface area (Å²) in [7, 11) is 0. The molecule has 2 aromatic carbocycles.